The third-order valence-corrected chi connectivity index (χ3v) is 4.86. The highest BCUT2D eigenvalue weighted by Crippen LogP contribution is 2.18. The van der Waals surface area contributed by atoms with E-state index in [4.69, 9.17) is 0 Å². The Morgan fingerprint density at radius 3 is 3.09 bits per heavy atom. The number of anilines is 1. The van der Waals surface area contributed by atoms with Crippen molar-refractivity contribution in [3.05, 3.63) is 28.5 Å². The number of hydrogen-bond donors (Lipinski definition) is 1. The molecular formula is C14H17N5OS2. The van der Waals surface area contributed by atoms with Gasteiger partial charge in [-0.3, -0.25) is 9.20 Å². The standard InChI is InChI=1S/C14H17N5OS2/c1-2-3-4-5-12-17-18-13(22-12)16-11(20)8-10-9-19-6-7-21-14(19)15-10/h6-7,9H,2-5,8H2,1H3,(H,16,18,20). The van der Waals surface area contributed by atoms with Crippen LogP contribution < -0.4 is 5.32 Å². The number of unbranched alkanes of at least 4 members (excludes halogenated alkanes) is 2. The summed E-state index contributed by atoms with van der Waals surface area (Å²) in [5.41, 5.74) is 0.761. The normalized spacial score (nSPS) is 11.1. The van der Waals surface area contributed by atoms with Gasteiger partial charge in [0.05, 0.1) is 12.1 Å². The molecule has 0 radical (unpaired) electrons. The minimum absolute atomic E-state index is 0.109. The summed E-state index contributed by atoms with van der Waals surface area (Å²) in [7, 11) is 0. The first-order valence-electron chi connectivity index (χ1n) is 7.28. The first-order chi connectivity index (χ1) is 10.7. The molecule has 22 heavy (non-hydrogen) atoms. The van der Waals surface area contributed by atoms with Gasteiger partial charge in [-0.25, -0.2) is 4.98 Å². The lowest BCUT2D eigenvalue weighted by Gasteiger charge is -1.97. The van der Waals surface area contributed by atoms with E-state index in [0.29, 0.717) is 5.13 Å². The highest BCUT2D eigenvalue weighted by Gasteiger charge is 2.11. The van der Waals surface area contributed by atoms with Gasteiger partial charge in [-0.1, -0.05) is 31.1 Å². The Kier molecular flexibility index (Phi) is 4.79. The van der Waals surface area contributed by atoms with E-state index in [1.807, 2.05) is 22.2 Å². The molecule has 3 heterocycles. The van der Waals surface area contributed by atoms with Crippen LogP contribution in [0.3, 0.4) is 0 Å². The van der Waals surface area contributed by atoms with Crippen LogP contribution in [0.15, 0.2) is 17.8 Å². The van der Waals surface area contributed by atoms with E-state index >= 15 is 0 Å². The number of aromatic nitrogens is 4. The number of imidazole rings is 1. The molecule has 6 nitrogen and oxygen atoms in total. The Bertz CT molecular complexity index is 732. The van der Waals surface area contributed by atoms with E-state index in [2.05, 4.69) is 27.4 Å². The summed E-state index contributed by atoms with van der Waals surface area (Å²) in [5, 5.41) is 14.4. The molecule has 0 spiro atoms. The number of thiazole rings is 1. The van der Waals surface area contributed by atoms with Crippen molar-refractivity contribution < 1.29 is 4.79 Å². The lowest BCUT2D eigenvalue weighted by molar-refractivity contribution is -0.115. The lowest BCUT2D eigenvalue weighted by Crippen LogP contribution is -2.14. The summed E-state index contributed by atoms with van der Waals surface area (Å²) >= 11 is 3.00. The van der Waals surface area contributed by atoms with Gasteiger partial charge in [0.15, 0.2) is 4.96 Å². The molecule has 0 bridgehead atoms. The van der Waals surface area contributed by atoms with Crippen molar-refractivity contribution in [2.24, 2.45) is 0 Å². The van der Waals surface area contributed by atoms with E-state index in [9.17, 15) is 4.79 Å². The molecule has 1 N–H and O–H groups in total. The third-order valence-electron chi connectivity index (χ3n) is 3.19. The van der Waals surface area contributed by atoms with Crippen LogP contribution in [-0.4, -0.2) is 25.5 Å². The number of carbonyl (C=O) groups is 1. The molecule has 0 unspecified atom stereocenters. The quantitative estimate of drug-likeness (QED) is 0.673. The van der Waals surface area contributed by atoms with Gasteiger partial charge in [-0.05, 0) is 6.42 Å². The Morgan fingerprint density at radius 1 is 1.36 bits per heavy atom. The van der Waals surface area contributed by atoms with Gasteiger partial charge < -0.3 is 5.32 Å². The summed E-state index contributed by atoms with van der Waals surface area (Å²) in [5.74, 6) is -0.109. The third kappa shape index (κ3) is 3.69. The summed E-state index contributed by atoms with van der Waals surface area (Å²) < 4.78 is 1.92. The summed E-state index contributed by atoms with van der Waals surface area (Å²) in [4.78, 5) is 17.3. The van der Waals surface area contributed by atoms with Crippen LogP contribution >= 0.6 is 22.7 Å². The van der Waals surface area contributed by atoms with E-state index < -0.39 is 0 Å². The maximum atomic E-state index is 12.0. The van der Waals surface area contributed by atoms with Crippen molar-refractivity contribution in [2.45, 2.75) is 39.0 Å². The molecule has 116 valence electrons. The van der Waals surface area contributed by atoms with Crippen molar-refractivity contribution in [3.8, 4) is 0 Å². The molecule has 3 aromatic heterocycles. The lowest BCUT2D eigenvalue weighted by atomic mass is 10.2. The molecule has 0 aliphatic carbocycles. The van der Waals surface area contributed by atoms with E-state index in [1.165, 1.54) is 24.2 Å². The monoisotopic (exact) mass is 335 g/mol. The number of fused-ring (bicyclic) bond motifs is 1. The van der Waals surface area contributed by atoms with Crippen LogP contribution in [-0.2, 0) is 17.6 Å². The predicted molar refractivity (Wildman–Crippen MR) is 88.5 cm³/mol. The molecule has 0 saturated carbocycles. The first kappa shape index (κ1) is 15.1. The maximum absolute atomic E-state index is 12.0. The fourth-order valence-corrected chi connectivity index (χ4v) is 3.64. The molecule has 8 heteroatoms. The Morgan fingerprint density at radius 2 is 2.27 bits per heavy atom. The molecule has 0 aliphatic rings. The second kappa shape index (κ2) is 6.97. The van der Waals surface area contributed by atoms with Crippen molar-refractivity contribution in [2.75, 3.05) is 5.32 Å². The maximum Gasteiger partial charge on any atom is 0.232 e. The van der Waals surface area contributed by atoms with Crippen molar-refractivity contribution >= 4 is 38.7 Å². The Hall–Kier alpha value is -1.80. The van der Waals surface area contributed by atoms with E-state index in [0.717, 1.165) is 28.5 Å². The minimum atomic E-state index is -0.109. The average Bonchev–Trinajstić information content (AvgIpc) is 3.15. The van der Waals surface area contributed by atoms with Crippen molar-refractivity contribution in [3.63, 3.8) is 0 Å². The zero-order valence-electron chi connectivity index (χ0n) is 12.3. The largest absolute Gasteiger partial charge is 0.300 e. The number of carbonyl (C=O) groups excluding carboxylic acids is 1. The van der Waals surface area contributed by atoms with Gasteiger partial charge in [-0.15, -0.1) is 21.5 Å². The molecule has 0 saturated heterocycles. The van der Waals surface area contributed by atoms with Gasteiger partial charge in [-0.2, -0.15) is 0 Å². The van der Waals surface area contributed by atoms with Crippen molar-refractivity contribution in [1.82, 2.24) is 19.6 Å². The van der Waals surface area contributed by atoms with Gasteiger partial charge >= 0.3 is 0 Å². The fourth-order valence-electron chi connectivity index (χ4n) is 2.12. The number of rotatable bonds is 7. The topological polar surface area (TPSA) is 72.2 Å². The molecular weight excluding hydrogens is 318 g/mol. The number of nitrogens with zero attached hydrogens (tertiary/aromatic N) is 4. The number of aryl methyl sites for hydroxylation is 1. The molecule has 1 amide bonds. The zero-order chi connectivity index (χ0) is 15.4. The summed E-state index contributed by atoms with van der Waals surface area (Å²) in [6.45, 7) is 2.17. The predicted octanol–water partition coefficient (Wildman–Crippen LogP) is 3.16. The molecule has 0 aromatic carbocycles. The molecule has 0 aliphatic heterocycles. The van der Waals surface area contributed by atoms with Crippen LogP contribution in [0, 0.1) is 0 Å². The fraction of sp³-hybridized carbons (Fsp3) is 0.429. The van der Waals surface area contributed by atoms with E-state index in [-0.39, 0.29) is 12.3 Å². The van der Waals surface area contributed by atoms with Crippen LogP contribution in [0.2, 0.25) is 0 Å². The minimum Gasteiger partial charge on any atom is -0.300 e. The van der Waals surface area contributed by atoms with Gasteiger partial charge in [0.1, 0.15) is 5.01 Å². The van der Waals surface area contributed by atoms with Gasteiger partial charge in [0.25, 0.3) is 0 Å². The highest BCUT2D eigenvalue weighted by molar-refractivity contribution is 7.15. The highest BCUT2D eigenvalue weighted by atomic mass is 32.1. The van der Waals surface area contributed by atoms with Crippen LogP contribution in [0.25, 0.3) is 4.96 Å². The summed E-state index contributed by atoms with van der Waals surface area (Å²) in [6.07, 6.45) is 8.48. The SMILES string of the molecule is CCCCCc1nnc(NC(=O)Cc2cn3ccsc3n2)s1. The zero-order valence-corrected chi connectivity index (χ0v) is 13.9. The van der Waals surface area contributed by atoms with E-state index in [1.54, 1.807) is 11.3 Å². The Labute approximate surface area is 136 Å². The smallest absolute Gasteiger partial charge is 0.232 e. The molecule has 3 aromatic rings. The van der Waals surface area contributed by atoms with Crippen LogP contribution in [0.5, 0.6) is 0 Å². The molecule has 0 atom stereocenters. The molecule has 3 rings (SSSR count). The Balaban J connectivity index is 1.54. The average molecular weight is 335 g/mol. The first-order valence-corrected chi connectivity index (χ1v) is 8.97. The van der Waals surface area contributed by atoms with Gasteiger partial charge in [0.2, 0.25) is 11.0 Å². The number of hydrogen-bond acceptors (Lipinski definition) is 6. The van der Waals surface area contributed by atoms with Gasteiger partial charge in [0, 0.05) is 24.2 Å². The second-order valence-electron chi connectivity index (χ2n) is 5.01. The number of amides is 1. The van der Waals surface area contributed by atoms with Crippen LogP contribution in [0.4, 0.5) is 5.13 Å². The molecule has 0 fully saturated rings. The van der Waals surface area contributed by atoms with Crippen LogP contribution in [0.1, 0.15) is 36.9 Å². The van der Waals surface area contributed by atoms with Crippen molar-refractivity contribution in [1.29, 1.82) is 0 Å². The number of nitrogens with one attached hydrogen (secondary N) is 1. The second-order valence-corrected chi connectivity index (χ2v) is 6.94. The summed E-state index contributed by atoms with van der Waals surface area (Å²) in [6, 6.07) is 0.